The number of nitrogens with one attached hydrogen (secondary N) is 1. The highest BCUT2D eigenvalue weighted by molar-refractivity contribution is 7.15. The van der Waals surface area contributed by atoms with E-state index in [2.05, 4.69) is 34.4 Å². The molecule has 0 aliphatic heterocycles. The van der Waals surface area contributed by atoms with Crippen molar-refractivity contribution in [1.82, 2.24) is 15.1 Å². The van der Waals surface area contributed by atoms with Crippen molar-refractivity contribution in [1.29, 1.82) is 0 Å². The fourth-order valence-corrected chi connectivity index (χ4v) is 2.02. The zero-order valence-corrected chi connectivity index (χ0v) is 10.5. The van der Waals surface area contributed by atoms with Crippen LogP contribution in [0.15, 0.2) is 0 Å². The number of hydrogen-bond acceptors (Lipinski definition) is 7. The molecule has 0 aromatic carbocycles. The van der Waals surface area contributed by atoms with Crippen molar-refractivity contribution in [3.05, 3.63) is 5.01 Å². The van der Waals surface area contributed by atoms with E-state index in [1.807, 2.05) is 0 Å². The van der Waals surface area contributed by atoms with Crippen LogP contribution in [0.4, 0.5) is 5.13 Å². The molecule has 0 aliphatic carbocycles. The number of anilines is 1. The van der Waals surface area contributed by atoms with Crippen LogP contribution in [0, 0.1) is 0 Å². The molecule has 0 atom stereocenters. The third kappa shape index (κ3) is 4.01. The van der Waals surface area contributed by atoms with Gasteiger partial charge in [0.15, 0.2) is 0 Å². The maximum absolute atomic E-state index is 8.83. The molecule has 92 valence electrons. The third-order valence-corrected chi connectivity index (χ3v) is 3.10. The summed E-state index contributed by atoms with van der Waals surface area (Å²) in [7, 11) is 0. The molecule has 0 amide bonds. The molecule has 0 fully saturated rings. The van der Waals surface area contributed by atoms with Gasteiger partial charge in [-0.15, -0.1) is 10.2 Å². The molecule has 0 bridgehead atoms. The average Bonchev–Trinajstić information content (AvgIpc) is 2.71. The molecule has 1 rings (SSSR count). The van der Waals surface area contributed by atoms with Gasteiger partial charge >= 0.3 is 0 Å². The van der Waals surface area contributed by atoms with Gasteiger partial charge in [-0.2, -0.15) is 0 Å². The number of aliphatic hydroxyl groups is 1. The lowest BCUT2D eigenvalue weighted by Crippen LogP contribution is -2.31. The Kier molecular flexibility index (Phi) is 5.61. The van der Waals surface area contributed by atoms with Gasteiger partial charge < -0.3 is 5.11 Å². The van der Waals surface area contributed by atoms with Crippen LogP contribution < -0.4 is 11.3 Å². The summed E-state index contributed by atoms with van der Waals surface area (Å²) in [4.78, 5) is 2.25. The van der Waals surface area contributed by atoms with Gasteiger partial charge in [0.1, 0.15) is 5.01 Å². The van der Waals surface area contributed by atoms with E-state index in [-0.39, 0.29) is 6.61 Å². The largest absolute Gasteiger partial charge is 0.396 e. The van der Waals surface area contributed by atoms with Crippen LogP contribution in [0.25, 0.3) is 0 Å². The summed E-state index contributed by atoms with van der Waals surface area (Å²) in [6, 6.07) is 0.421. The number of aliphatic hydroxyl groups excluding tert-OH is 1. The number of rotatable bonds is 7. The predicted molar refractivity (Wildman–Crippen MR) is 65.0 cm³/mol. The summed E-state index contributed by atoms with van der Waals surface area (Å²) >= 11 is 1.45. The van der Waals surface area contributed by atoms with E-state index < -0.39 is 0 Å². The molecule has 6 nitrogen and oxygen atoms in total. The molecule has 0 aliphatic rings. The second-order valence-corrected chi connectivity index (χ2v) is 4.85. The van der Waals surface area contributed by atoms with Gasteiger partial charge in [0.25, 0.3) is 0 Å². The Hall–Kier alpha value is -0.760. The fraction of sp³-hybridized carbons (Fsp3) is 0.778. The van der Waals surface area contributed by atoms with Crippen molar-refractivity contribution in [2.45, 2.75) is 32.9 Å². The minimum Gasteiger partial charge on any atom is -0.396 e. The average molecular weight is 245 g/mol. The fourth-order valence-electron chi connectivity index (χ4n) is 1.34. The van der Waals surface area contributed by atoms with E-state index in [9.17, 15) is 0 Å². The lowest BCUT2D eigenvalue weighted by molar-refractivity contribution is 0.184. The highest BCUT2D eigenvalue weighted by Crippen LogP contribution is 2.16. The lowest BCUT2D eigenvalue weighted by Gasteiger charge is -2.24. The number of aromatic nitrogens is 2. The van der Waals surface area contributed by atoms with Crippen LogP contribution in [0.5, 0.6) is 0 Å². The topological polar surface area (TPSA) is 87.3 Å². The van der Waals surface area contributed by atoms with Crippen molar-refractivity contribution >= 4 is 16.5 Å². The maximum Gasteiger partial charge on any atom is 0.219 e. The molecule has 0 saturated carbocycles. The first-order valence-electron chi connectivity index (χ1n) is 5.31. The van der Waals surface area contributed by atoms with Crippen LogP contribution in [0.2, 0.25) is 0 Å². The Morgan fingerprint density at radius 2 is 2.25 bits per heavy atom. The standard InChI is InChI=1S/C9H19N5OS/c1-7(2)14(4-3-5-15)6-8-12-13-9(11-10)16-8/h7,15H,3-6,10H2,1-2H3,(H,11,13). The number of hydrogen-bond donors (Lipinski definition) is 3. The minimum atomic E-state index is 0.217. The van der Waals surface area contributed by atoms with Gasteiger partial charge in [-0.3, -0.25) is 10.3 Å². The lowest BCUT2D eigenvalue weighted by atomic mass is 10.3. The first-order chi connectivity index (χ1) is 7.67. The molecule has 0 radical (unpaired) electrons. The van der Waals surface area contributed by atoms with Gasteiger partial charge in [-0.1, -0.05) is 11.3 Å². The summed E-state index contributed by atoms with van der Waals surface area (Å²) < 4.78 is 0. The van der Waals surface area contributed by atoms with Crippen molar-refractivity contribution in [3.8, 4) is 0 Å². The van der Waals surface area contributed by atoms with Crippen molar-refractivity contribution in [2.75, 3.05) is 18.6 Å². The van der Waals surface area contributed by atoms with Gasteiger partial charge in [0.2, 0.25) is 5.13 Å². The Bertz CT molecular complexity index is 304. The first-order valence-corrected chi connectivity index (χ1v) is 6.13. The smallest absolute Gasteiger partial charge is 0.219 e. The van der Waals surface area contributed by atoms with Gasteiger partial charge in [-0.25, -0.2) is 5.84 Å². The van der Waals surface area contributed by atoms with E-state index in [0.717, 1.165) is 24.5 Å². The summed E-state index contributed by atoms with van der Waals surface area (Å²) in [5.74, 6) is 5.25. The van der Waals surface area contributed by atoms with Crippen molar-refractivity contribution in [2.24, 2.45) is 5.84 Å². The van der Waals surface area contributed by atoms with Crippen molar-refractivity contribution in [3.63, 3.8) is 0 Å². The number of nitrogens with zero attached hydrogens (tertiary/aromatic N) is 3. The summed E-state index contributed by atoms with van der Waals surface area (Å²) in [5, 5.41) is 18.3. The van der Waals surface area contributed by atoms with Crippen molar-refractivity contribution < 1.29 is 5.11 Å². The SMILES string of the molecule is CC(C)N(CCCO)Cc1nnc(NN)s1. The van der Waals surface area contributed by atoms with Gasteiger partial charge in [0.05, 0.1) is 6.54 Å². The monoisotopic (exact) mass is 245 g/mol. The van der Waals surface area contributed by atoms with E-state index in [1.165, 1.54) is 11.3 Å². The molecule has 0 saturated heterocycles. The number of nitrogens with two attached hydrogens (primary N) is 1. The van der Waals surface area contributed by atoms with E-state index in [1.54, 1.807) is 0 Å². The van der Waals surface area contributed by atoms with Crippen LogP contribution in [0.3, 0.4) is 0 Å². The minimum absolute atomic E-state index is 0.217. The summed E-state index contributed by atoms with van der Waals surface area (Å²) in [6.07, 6.45) is 0.777. The van der Waals surface area contributed by atoms with E-state index in [4.69, 9.17) is 10.9 Å². The van der Waals surface area contributed by atoms with E-state index >= 15 is 0 Å². The second kappa shape index (κ2) is 6.74. The predicted octanol–water partition coefficient (Wildman–Crippen LogP) is 0.416. The van der Waals surface area contributed by atoms with Crippen LogP contribution in [-0.2, 0) is 6.54 Å². The molecular weight excluding hydrogens is 226 g/mol. The molecule has 0 unspecified atom stereocenters. The van der Waals surface area contributed by atoms with E-state index in [0.29, 0.717) is 11.2 Å². The Balaban J connectivity index is 2.53. The molecule has 16 heavy (non-hydrogen) atoms. The normalized spacial score (nSPS) is 11.4. The molecule has 7 heteroatoms. The van der Waals surface area contributed by atoms with Gasteiger partial charge in [-0.05, 0) is 20.3 Å². The highest BCUT2D eigenvalue weighted by Gasteiger charge is 2.12. The quantitative estimate of drug-likeness (QED) is 0.476. The van der Waals surface area contributed by atoms with Crippen LogP contribution in [0.1, 0.15) is 25.3 Å². The molecular formula is C9H19N5OS. The molecule has 1 aromatic heterocycles. The molecule has 1 heterocycles. The maximum atomic E-state index is 8.83. The zero-order chi connectivity index (χ0) is 12.0. The number of hydrazine groups is 1. The highest BCUT2D eigenvalue weighted by atomic mass is 32.1. The second-order valence-electron chi connectivity index (χ2n) is 3.79. The first kappa shape index (κ1) is 13.3. The molecule has 4 N–H and O–H groups in total. The van der Waals surface area contributed by atoms with Crippen LogP contribution >= 0.6 is 11.3 Å². The summed E-state index contributed by atoms with van der Waals surface area (Å²) in [6.45, 7) is 6.08. The Morgan fingerprint density at radius 3 is 2.75 bits per heavy atom. The zero-order valence-electron chi connectivity index (χ0n) is 9.68. The molecule has 0 spiro atoms. The van der Waals surface area contributed by atoms with Crippen LogP contribution in [-0.4, -0.2) is 39.4 Å². The Morgan fingerprint density at radius 1 is 1.50 bits per heavy atom. The number of nitrogen functional groups attached to an aromatic ring is 1. The Labute approximate surface area is 99.4 Å². The molecule has 1 aromatic rings. The third-order valence-electron chi connectivity index (χ3n) is 2.26. The van der Waals surface area contributed by atoms with Gasteiger partial charge in [0, 0.05) is 19.2 Å². The summed E-state index contributed by atoms with van der Waals surface area (Å²) in [5.41, 5.74) is 2.48.